The molecular formula is C23H19Cl2N4O3. The Hall–Kier alpha value is -2.87. The third kappa shape index (κ3) is 3.77. The molecular weight excluding hydrogens is 451 g/mol. The van der Waals surface area contributed by atoms with E-state index in [2.05, 4.69) is 10.3 Å². The number of nitrogens with zero attached hydrogens (tertiary/aromatic N) is 4. The number of benzene rings is 2. The molecule has 1 saturated carbocycles. The molecule has 0 atom stereocenters. The number of imidazole rings is 1. The third-order valence-electron chi connectivity index (χ3n) is 5.63. The minimum atomic E-state index is -0.778. The zero-order chi connectivity index (χ0) is 22.2. The average Bonchev–Trinajstić information content (AvgIpc) is 3.19. The standard InChI is InChI=1S/C23H19Cl2N4O3/c24-14-10-12-15(13-11-14)28-19-21(26-20(28)17-8-4-5-9-18(17)25)29(23(31)27-22(19)30)32-16-6-2-1-3-7-16/h4-5,8-13,16H,1-3,6-7H2. The summed E-state index contributed by atoms with van der Waals surface area (Å²) in [5.74, 6) is -0.168. The van der Waals surface area contributed by atoms with Crippen LogP contribution in [-0.2, 0) is 4.84 Å². The highest BCUT2D eigenvalue weighted by Gasteiger charge is 2.40. The maximum absolute atomic E-state index is 12.9. The smallest absolute Gasteiger partial charge is 0.286 e. The molecule has 3 aromatic rings. The molecule has 0 saturated heterocycles. The second-order valence-corrected chi connectivity index (χ2v) is 8.60. The van der Waals surface area contributed by atoms with Crippen molar-refractivity contribution in [3.05, 3.63) is 64.3 Å². The number of anilines is 1. The second-order valence-electron chi connectivity index (χ2n) is 7.76. The van der Waals surface area contributed by atoms with E-state index in [0.717, 1.165) is 37.2 Å². The van der Waals surface area contributed by atoms with Gasteiger partial charge in [0.2, 0.25) is 0 Å². The van der Waals surface area contributed by atoms with E-state index in [1.165, 1.54) is 0 Å². The predicted octanol–water partition coefficient (Wildman–Crippen LogP) is 5.80. The third-order valence-corrected chi connectivity index (χ3v) is 6.21. The SMILES string of the molecule is O=C1[N]C(=O)N(OC2CCCCC2)c2nc(-c3ccccc3Cl)n(-c3ccc(Cl)cc3)c21. The Morgan fingerprint density at radius 3 is 2.38 bits per heavy atom. The molecule has 2 heterocycles. The van der Waals surface area contributed by atoms with Gasteiger partial charge in [0.05, 0.1) is 11.1 Å². The van der Waals surface area contributed by atoms with Gasteiger partial charge in [-0.1, -0.05) is 54.6 Å². The average molecular weight is 470 g/mol. The van der Waals surface area contributed by atoms with E-state index in [-0.39, 0.29) is 17.6 Å². The van der Waals surface area contributed by atoms with Gasteiger partial charge in [0, 0.05) is 16.3 Å². The Balaban J connectivity index is 1.70. The molecule has 7 nitrogen and oxygen atoms in total. The molecule has 0 spiro atoms. The van der Waals surface area contributed by atoms with Gasteiger partial charge in [0.25, 0.3) is 0 Å². The van der Waals surface area contributed by atoms with E-state index in [1.807, 2.05) is 12.1 Å². The molecule has 3 amide bonds. The number of hydrogen-bond acceptors (Lipinski definition) is 4. The largest absolute Gasteiger partial charge is 0.377 e. The summed E-state index contributed by atoms with van der Waals surface area (Å²) >= 11 is 12.5. The van der Waals surface area contributed by atoms with Crippen molar-refractivity contribution in [2.24, 2.45) is 0 Å². The van der Waals surface area contributed by atoms with Crippen LogP contribution < -0.4 is 10.4 Å². The van der Waals surface area contributed by atoms with Crippen LogP contribution in [0.4, 0.5) is 10.6 Å². The molecule has 0 bridgehead atoms. The number of imide groups is 1. The fourth-order valence-corrected chi connectivity index (χ4v) is 4.44. The number of carbonyl (C=O) groups is 2. The van der Waals surface area contributed by atoms with Crippen LogP contribution in [0.1, 0.15) is 42.6 Å². The minimum absolute atomic E-state index is 0.116. The molecule has 0 unspecified atom stereocenters. The zero-order valence-electron chi connectivity index (χ0n) is 17.0. The molecule has 9 heteroatoms. The van der Waals surface area contributed by atoms with E-state index in [4.69, 9.17) is 28.0 Å². The number of hydroxylamine groups is 1. The lowest BCUT2D eigenvalue weighted by atomic mass is 9.98. The van der Waals surface area contributed by atoms with Gasteiger partial charge in [0.1, 0.15) is 5.82 Å². The van der Waals surface area contributed by atoms with Crippen molar-refractivity contribution >= 4 is 41.0 Å². The van der Waals surface area contributed by atoms with E-state index in [1.54, 1.807) is 41.0 Å². The predicted molar refractivity (Wildman–Crippen MR) is 121 cm³/mol. The fraction of sp³-hybridized carbons (Fsp3) is 0.261. The summed E-state index contributed by atoms with van der Waals surface area (Å²) in [7, 11) is 0. The lowest BCUT2D eigenvalue weighted by Gasteiger charge is -2.29. The van der Waals surface area contributed by atoms with Crippen molar-refractivity contribution in [1.82, 2.24) is 14.9 Å². The fourth-order valence-electron chi connectivity index (χ4n) is 4.10. The first kappa shape index (κ1) is 21.0. The Morgan fingerprint density at radius 2 is 1.66 bits per heavy atom. The van der Waals surface area contributed by atoms with Gasteiger partial charge in [-0.05, 0) is 49.2 Å². The van der Waals surface area contributed by atoms with Gasteiger partial charge in [0.15, 0.2) is 11.5 Å². The number of fused-ring (bicyclic) bond motifs is 1. The van der Waals surface area contributed by atoms with Crippen LogP contribution in [0.15, 0.2) is 48.5 Å². The number of aromatic nitrogens is 2. The molecule has 1 fully saturated rings. The Labute approximate surface area is 194 Å². The zero-order valence-corrected chi connectivity index (χ0v) is 18.5. The molecule has 32 heavy (non-hydrogen) atoms. The van der Waals surface area contributed by atoms with E-state index >= 15 is 0 Å². The van der Waals surface area contributed by atoms with Crippen molar-refractivity contribution in [3.63, 3.8) is 0 Å². The molecule has 0 N–H and O–H groups in total. The number of hydrogen-bond donors (Lipinski definition) is 0. The van der Waals surface area contributed by atoms with Crippen molar-refractivity contribution in [2.75, 3.05) is 5.06 Å². The first-order chi connectivity index (χ1) is 15.5. The highest BCUT2D eigenvalue weighted by molar-refractivity contribution is 6.33. The van der Waals surface area contributed by atoms with Crippen LogP contribution in [0.25, 0.3) is 17.1 Å². The number of carbonyl (C=O) groups excluding carboxylic acids is 2. The molecule has 163 valence electrons. The Morgan fingerprint density at radius 1 is 0.938 bits per heavy atom. The summed E-state index contributed by atoms with van der Waals surface area (Å²) < 4.78 is 1.64. The van der Waals surface area contributed by atoms with Crippen molar-refractivity contribution in [1.29, 1.82) is 0 Å². The lowest BCUT2D eigenvalue weighted by molar-refractivity contribution is 0.0198. The van der Waals surface area contributed by atoms with Gasteiger partial charge in [-0.3, -0.25) is 14.2 Å². The van der Waals surface area contributed by atoms with Crippen LogP contribution in [0.5, 0.6) is 0 Å². The summed E-state index contributed by atoms with van der Waals surface area (Å²) in [4.78, 5) is 36.3. The summed E-state index contributed by atoms with van der Waals surface area (Å²) in [6, 6.07) is 13.4. The summed E-state index contributed by atoms with van der Waals surface area (Å²) in [6.07, 6.45) is 4.74. The van der Waals surface area contributed by atoms with Crippen LogP contribution in [0.3, 0.4) is 0 Å². The molecule has 2 aromatic carbocycles. The van der Waals surface area contributed by atoms with Crippen molar-refractivity contribution in [2.45, 2.75) is 38.2 Å². The minimum Gasteiger partial charge on any atom is -0.286 e. The number of urea groups is 1. The number of amides is 3. The molecule has 1 aromatic heterocycles. The van der Waals surface area contributed by atoms with E-state index < -0.39 is 11.9 Å². The quantitative estimate of drug-likeness (QED) is 0.483. The highest BCUT2D eigenvalue weighted by Crippen LogP contribution is 2.37. The summed E-state index contributed by atoms with van der Waals surface area (Å²) in [5.41, 5.74) is 1.38. The Bertz CT molecular complexity index is 1190. The van der Waals surface area contributed by atoms with Crippen LogP contribution in [0.2, 0.25) is 10.0 Å². The first-order valence-electron chi connectivity index (χ1n) is 10.4. The van der Waals surface area contributed by atoms with Gasteiger partial charge in [-0.25, -0.2) is 9.78 Å². The highest BCUT2D eigenvalue weighted by atomic mass is 35.5. The van der Waals surface area contributed by atoms with Crippen molar-refractivity contribution in [3.8, 4) is 17.1 Å². The van der Waals surface area contributed by atoms with Crippen LogP contribution in [-0.4, -0.2) is 27.6 Å². The van der Waals surface area contributed by atoms with Gasteiger partial charge in [-0.2, -0.15) is 0 Å². The van der Waals surface area contributed by atoms with Gasteiger partial charge in [-0.15, -0.1) is 10.4 Å². The lowest BCUT2D eigenvalue weighted by Crippen LogP contribution is -2.46. The van der Waals surface area contributed by atoms with E-state index in [0.29, 0.717) is 27.1 Å². The topological polar surface area (TPSA) is 78.5 Å². The van der Waals surface area contributed by atoms with Crippen LogP contribution in [0, 0.1) is 0 Å². The van der Waals surface area contributed by atoms with Crippen molar-refractivity contribution < 1.29 is 14.4 Å². The second kappa shape index (κ2) is 8.58. The Kier molecular flexibility index (Phi) is 5.63. The number of rotatable bonds is 4. The normalized spacial score (nSPS) is 16.8. The molecule has 5 rings (SSSR count). The van der Waals surface area contributed by atoms with Gasteiger partial charge >= 0.3 is 11.9 Å². The molecule has 2 aliphatic rings. The van der Waals surface area contributed by atoms with Crippen LogP contribution >= 0.6 is 23.2 Å². The molecule has 1 aliphatic heterocycles. The van der Waals surface area contributed by atoms with E-state index in [9.17, 15) is 9.59 Å². The maximum atomic E-state index is 12.9. The summed E-state index contributed by atoms with van der Waals surface area (Å²) in [6.45, 7) is 0. The molecule has 1 aliphatic carbocycles. The number of halogens is 2. The summed E-state index contributed by atoms with van der Waals surface area (Å²) in [5, 5.41) is 5.77. The first-order valence-corrected chi connectivity index (χ1v) is 11.2. The van der Waals surface area contributed by atoms with Gasteiger partial charge < -0.3 is 0 Å². The maximum Gasteiger partial charge on any atom is 0.377 e. The molecule has 1 radical (unpaired) electrons. The monoisotopic (exact) mass is 469 g/mol.